The number of nitrogens with zero attached hydrogens (tertiary/aromatic N) is 1. The second-order valence-electron chi connectivity index (χ2n) is 10.8. The molecule has 2 unspecified atom stereocenters. The van der Waals surface area contributed by atoms with Crippen LogP contribution in [-0.4, -0.2) is 70.7 Å². The van der Waals surface area contributed by atoms with Crippen LogP contribution in [0.3, 0.4) is 0 Å². The summed E-state index contributed by atoms with van der Waals surface area (Å²) in [5.41, 5.74) is 0. The first-order valence-corrected chi connectivity index (χ1v) is 15.9. The van der Waals surface area contributed by atoms with E-state index in [-0.39, 0.29) is 26.2 Å². The van der Waals surface area contributed by atoms with Crippen LogP contribution in [-0.2, 0) is 27.9 Å². The Balaban J connectivity index is 4.02. The highest BCUT2D eigenvalue weighted by Gasteiger charge is 2.20. The first kappa shape index (κ1) is 36.2. The molecule has 0 saturated heterocycles. The van der Waals surface area contributed by atoms with Gasteiger partial charge in [0.1, 0.15) is 19.3 Å². The molecule has 0 aliphatic carbocycles. The Kier molecular flexibility index (Phi) is 22.7. The number of rotatable bonds is 26. The summed E-state index contributed by atoms with van der Waals surface area (Å²) < 4.78 is 33.5. The maximum atomic E-state index is 12.0. The summed E-state index contributed by atoms with van der Waals surface area (Å²) in [6.07, 6.45) is 19.4. The normalized spacial score (nSPS) is 14.6. The van der Waals surface area contributed by atoms with Gasteiger partial charge in [0, 0.05) is 13.0 Å². The van der Waals surface area contributed by atoms with Crippen LogP contribution in [0.4, 0.5) is 0 Å². The Morgan fingerprint density at radius 2 is 1.41 bits per heavy atom. The molecule has 0 amide bonds. The van der Waals surface area contributed by atoms with Crippen LogP contribution in [0.5, 0.6) is 0 Å². The van der Waals surface area contributed by atoms with Crippen molar-refractivity contribution in [2.24, 2.45) is 0 Å². The minimum absolute atomic E-state index is 0.0247. The van der Waals surface area contributed by atoms with Crippen LogP contribution >= 0.6 is 7.82 Å². The van der Waals surface area contributed by atoms with E-state index in [2.05, 4.69) is 19.1 Å². The van der Waals surface area contributed by atoms with Crippen LogP contribution in [0, 0.1) is 0 Å². The summed E-state index contributed by atoms with van der Waals surface area (Å²) in [6.45, 7) is 4.99. The lowest BCUT2D eigenvalue weighted by atomic mass is 10.1. The summed E-state index contributed by atoms with van der Waals surface area (Å²) in [5.74, 6) is -0.391. The summed E-state index contributed by atoms with van der Waals surface area (Å²) in [6, 6.07) is 0. The third kappa shape index (κ3) is 26.6. The number of hydrogen-bond acceptors (Lipinski definition) is 7. The molecule has 0 aromatic heterocycles. The quantitative estimate of drug-likeness (QED) is 0.0418. The lowest BCUT2D eigenvalue weighted by molar-refractivity contribution is -0.870. The zero-order valence-corrected chi connectivity index (χ0v) is 25.3. The second kappa shape index (κ2) is 23.2. The molecule has 0 saturated carbocycles. The first-order valence-electron chi connectivity index (χ1n) is 14.4. The number of phosphoric acid groups is 1. The van der Waals surface area contributed by atoms with Crippen molar-refractivity contribution in [1.82, 2.24) is 0 Å². The average Bonchev–Trinajstić information content (AvgIpc) is 2.81. The van der Waals surface area contributed by atoms with Gasteiger partial charge in [-0.2, -0.15) is 0 Å². The van der Waals surface area contributed by atoms with E-state index in [0.29, 0.717) is 24.1 Å². The van der Waals surface area contributed by atoms with E-state index in [4.69, 9.17) is 18.5 Å². The predicted molar refractivity (Wildman–Crippen MR) is 148 cm³/mol. The van der Waals surface area contributed by atoms with E-state index in [1.54, 1.807) is 0 Å². The molecule has 220 valence electrons. The van der Waals surface area contributed by atoms with Crippen LogP contribution in [0.1, 0.15) is 104 Å². The van der Waals surface area contributed by atoms with Crippen molar-refractivity contribution in [1.29, 1.82) is 0 Å². The van der Waals surface area contributed by atoms with E-state index >= 15 is 0 Å². The molecular weight excluding hydrogens is 493 g/mol. The number of carbonyl (C=O) groups is 1. The number of likely N-dealkylation sites (N-methyl/N-ethyl adjacent to an activating group) is 1. The third-order valence-electron chi connectivity index (χ3n) is 5.79. The molecule has 0 aliphatic heterocycles. The fourth-order valence-corrected chi connectivity index (χ4v) is 4.24. The zero-order valence-electron chi connectivity index (χ0n) is 24.4. The number of allylic oxidation sites excluding steroid dienone is 2. The van der Waals surface area contributed by atoms with Crippen LogP contribution in [0.15, 0.2) is 12.2 Å². The van der Waals surface area contributed by atoms with E-state index in [1.165, 1.54) is 64.2 Å². The van der Waals surface area contributed by atoms with Crippen LogP contribution in [0.2, 0.25) is 0 Å². The van der Waals surface area contributed by atoms with Gasteiger partial charge in [-0.25, -0.2) is 0 Å². The Bertz CT molecular complexity index is 622. The molecule has 37 heavy (non-hydrogen) atoms. The summed E-state index contributed by atoms with van der Waals surface area (Å²) >= 11 is 0. The molecule has 9 heteroatoms. The molecule has 0 radical (unpaired) electrons. The average molecular weight is 550 g/mol. The number of ether oxygens (including phenoxy) is 2. The van der Waals surface area contributed by atoms with Crippen molar-refractivity contribution < 1.29 is 37.3 Å². The maximum Gasteiger partial charge on any atom is 0.306 e. The minimum Gasteiger partial charge on any atom is -0.756 e. The highest BCUT2D eigenvalue weighted by Crippen LogP contribution is 2.38. The molecular formula is C28H56NO7P. The number of phosphoric ester groups is 1. The summed E-state index contributed by atoms with van der Waals surface area (Å²) in [7, 11) is 1.34. The van der Waals surface area contributed by atoms with Crippen molar-refractivity contribution in [3.8, 4) is 0 Å². The fraction of sp³-hybridized carbons (Fsp3) is 0.893. The Hall–Kier alpha value is -0.760. The van der Waals surface area contributed by atoms with Crippen molar-refractivity contribution >= 4 is 13.8 Å². The van der Waals surface area contributed by atoms with Gasteiger partial charge in [0.25, 0.3) is 7.82 Å². The third-order valence-corrected chi connectivity index (χ3v) is 6.75. The first-order chi connectivity index (χ1) is 17.6. The smallest absolute Gasteiger partial charge is 0.306 e. The summed E-state index contributed by atoms with van der Waals surface area (Å²) in [4.78, 5) is 24.0. The number of unbranched alkanes of at least 4 members (excludes halogenated alkanes) is 10. The molecule has 0 spiro atoms. The van der Waals surface area contributed by atoms with E-state index in [1.807, 2.05) is 28.1 Å². The minimum atomic E-state index is -4.48. The van der Waals surface area contributed by atoms with Gasteiger partial charge in [-0.05, 0) is 38.5 Å². The van der Waals surface area contributed by atoms with E-state index in [0.717, 1.165) is 12.8 Å². The number of carbonyl (C=O) groups excluding carboxylic acids is 1. The van der Waals surface area contributed by atoms with Crippen LogP contribution in [0.25, 0.3) is 0 Å². The number of esters is 1. The molecule has 8 nitrogen and oxygen atoms in total. The van der Waals surface area contributed by atoms with Gasteiger partial charge in [-0.1, -0.05) is 70.9 Å². The van der Waals surface area contributed by atoms with Gasteiger partial charge in [0.05, 0.1) is 34.4 Å². The monoisotopic (exact) mass is 549 g/mol. The van der Waals surface area contributed by atoms with Gasteiger partial charge in [0.15, 0.2) is 0 Å². The standard InChI is InChI=1S/C28H56NO7P/c1-6-8-9-10-11-12-13-14-15-16-17-18-19-20-23-33-25-27(36-28(30)21-7-2)26-35-37(31,32)34-24-22-29(3,4)5/h12-13,27H,6-11,14-26H2,1-5H3/b13-12-. The van der Waals surface area contributed by atoms with Gasteiger partial charge in [-0.3, -0.25) is 9.36 Å². The van der Waals surface area contributed by atoms with Crippen molar-refractivity contribution in [2.45, 2.75) is 110 Å². The SMILES string of the molecule is CCCCCC/C=C\CCCCCCCCOCC(COP(=O)([O-])OCC[N+](C)(C)C)OC(=O)CCC. The maximum absolute atomic E-state index is 12.0. The molecule has 0 aromatic carbocycles. The molecule has 0 aromatic rings. The van der Waals surface area contributed by atoms with Gasteiger partial charge < -0.3 is 27.9 Å². The van der Waals surface area contributed by atoms with Crippen molar-refractivity contribution in [3.05, 3.63) is 12.2 Å². The molecule has 2 atom stereocenters. The lowest BCUT2D eigenvalue weighted by Gasteiger charge is -2.28. The van der Waals surface area contributed by atoms with E-state index < -0.39 is 19.9 Å². The number of quaternary nitrogens is 1. The largest absolute Gasteiger partial charge is 0.756 e. The molecule has 0 aliphatic rings. The Morgan fingerprint density at radius 3 is 2.00 bits per heavy atom. The number of hydrogen-bond donors (Lipinski definition) is 0. The van der Waals surface area contributed by atoms with Crippen molar-refractivity contribution in [2.75, 3.05) is 54.1 Å². The highest BCUT2D eigenvalue weighted by atomic mass is 31.2. The fourth-order valence-electron chi connectivity index (χ4n) is 3.52. The molecule has 0 fully saturated rings. The zero-order chi connectivity index (χ0) is 27.8. The summed E-state index contributed by atoms with van der Waals surface area (Å²) in [5, 5.41) is 0. The lowest BCUT2D eigenvalue weighted by Crippen LogP contribution is -2.37. The van der Waals surface area contributed by atoms with Crippen molar-refractivity contribution in [3.63, 3.8) is 0 Å². The molecule has 0 N–H and O–H groups in total. The highest BCUT2D eigenvalue weighted by molar-refractivity contribution is 7.45. The molecule has 0 heterocycles. The molecule has 0 bridgehead atoms. The van der Waals surface area contributed by atoms with Gasteiger partial charge in [-0.15, -0.1) is 0 Å². The topological polar surface area (TPSA) is 94.1 Å². The Labute approximate surface area is 227 Å². The van der Waals surface area contributed by atoms with E-state index in [9.17, 15) is 14.3 Å². The van der Waals surface area contributed by atoms with Gasteiger partial charge in [0.2, 0.25) is 0 Å². The second-order valence-corrected chi connectivity index (χ2v) is 12.2. The van der Waals surface area contributed by atoms with Gasteiger partial charge >= 0.3 is 5.97 Å². The predicted octanol–water partition coefficient (Wildman–Crippen LogP) is 6.18. The van der Waals surface area contributed by atoms with Crippen LogP contribution < -0.4 is 4.89 Å². The molecule has 0 rings (SSSR count). The Morgan fingerprint density at radius 1 is 0.811 bits per heavy atom.